The fraction of sp³-hybridized carbons (Fsp3) is 0.850. The molecule has 136 valence electrons. The Morgan fingerprint density at radius 3 is 2.29 bits per heavy atom. The molecule has 2 aliphatic rings. The maximum atomic E-state index is 12.3. The van der Waals surface area contributed by atoms with Gasteiger partial charge in [-0.2, -0.15) is 0 Å². The van der Waals surface area contributed by atoms with Crippen molar-refractivity contribution in [3.05, 3.63) is 0 Å². The lowest BCUT2D eigenvalue weighted by Gasteiger charge is -2.38. The molecule has 2 heterocycles. The summed E-state index contributed by atoms with van der Waals surface area (Å²) in [5.74, 6) is 6.81. The first-order chi connectivity index (χ1) is 11.7. The van der Waals surface area contributed by atoms with Crippen LogP contribution in [-0.4, -0.2) is 54.0 Å². The molecule has 0 aliphatic carbocycles. The molecule has 0 aromatic rings. The molecule has 1 saturated heterocycles. The van der Waals surface area contributed by atoms with Crippen LogP contribution in [-0.2, 0) is 4.79 Å². The average molecular weight is 334 g/mol. The molecule has 0 aromatic carbocycles. The summed E-state index contributed by atoms with van der Waals surface area (Å²) in [5.41, 5.74) is 5.76. The Labute approximate surface area is 148 Å². The minimum absolute atomic E-state index is 0.309. The smallest absolute Gasteiger partial charge is 0.222 e. The zero-order valence-electron chi connectivity index (χ0n) is 15.4. The third-order valence-corrected chi connectivity index (χ3v) is 5.31. The number of nitrogens with two attached hydrogens (primary N) is 1. The molecule has 4 nitrogen and oxygen atoms in total. The highest BCUT2D eigenvalue weighted by molar-refractivity contribution is 5.76. The number of piperidine rings is 1. The average Bonchev–Trinajstić information content (AvgIpc) is 2.87. The van der Waals surface area contributed by atoms with Gasteiger partial charge in [-0.15, -0.1) is 11.8 Å². The SMILES string of the molecule is CC(N)CCCCCCC(=O)N1CCC(N2CCC#CCC2)CC1. The Bertz CT molecular complexity index is 418. The van der Waals surface area contributed by atoms with Crippen molar-refractivity contribution in [2.24, 2.45) is 5.73 Å². The van der Waals surface area contributed by atoms with Gasteiger partial charge in [0, 0.05) is 57.5 Å². The minimum Gasteiger partial charge on any atom is -0.343 e. The lowest BCUT2D eigenvalue weighted by molar-refractivity contribution is -0.132. The monoisotopic (exact) mass is 333 g/mol. The largest absolute Gasteiger partial charge is 0.343 e. The van der Waals surface area contributed by atoms with Crippen LogP contribution in [0, 0.1) is 11.8 Å². The van der Waals surface area contributed by atoms with Crippen LogP contribution in [0.5, 0.6) is 0 Å². The number of hydrogen-bond acceptors (Lipinski definition) is 3. The van der Waals surface area contributed by atoms with E-state index >= 15 is 0 Å². The number of hydrogen-bond donors (Lipinski definition) is 1. The number of amides is 1. The molecule has 1 amide bonds. The van der Waals surface area contributed by atoms with Gasteiger partial charge in [-0.1, -0.05) is 19.3 Å². The van der Waals surface area contributed by atoms with Crippen LogP contribution in [0.1, 0.15) is 71.1 Å². The van der Waals surface area contributed by atoms with E-state index in [-0.39, 0.29) is 0 Å². The first-order valence-electron chi connectivity index (χ1n) is 9.90. The first kappa shape index (κ1) is 19.3. The van der Waals surface area contributed by atoms with Crippen LogP contribution >= 0.6 is 0 Å². The zero-order chi connectivity index (χ0) is 17.2. The summed E-state index contributed by atoms with van der Waals surface area (Å²) in [6, 6.07) is 0.956. The number of nitrogens with zero attached hydrogens (tertiary/aromatic N) is 2. The molecule has 1 atom stereocenters. The third kappa shape index (κ3) is 6.83. The number of unbranched alkanes of at least 4 members (excludes halogenated alkanes) is 3. The summed E-state index contributed by atoms with van der Waals surface area (Å²) in [6.07, 6.45) is 10.7. The van der Waals surface area contributed by atoms with Gasteiger partial charge in [0.1, 0.15) is 0 Å². The van der Waals surface area contributed by atoms with Crippen molar-refractivity contribution >= 4 is 5.91 Å². The Hall–Kier alpha value is -1.05. The van der Waals surface area contributed by atoms with Crippen LogP contribution < -0.4 is 5.73 Å². The quantitative estimate of drug-likeness (QED) is 0.549. The topological polar surface area (TPSA) is 49.6 Å². The van der Waals surface area contributed by atoms with Gasteiger partial charge in [-0.05, 0) is 32.6 Å². The van der Waals surface area contributed by atoms with Crippen LogP contribution in [0.25, 0.3) is 0 Å². The van der Waals surface area contributed by atoms with Gasteiger partial charge >= 0.3 is 0 Å². The number of rotatable bonds is 8. The fourth-order valence-electron chi connectivity index (χ4n) is 3.79. The van der Waals surface area contributed by atoms with E-state index in [1.54, 1.807) is 0 Å². The highest BCUT2D eigenvalue weighted by Crippen LogP contribution is 2.19. The maximum absolute atomic E-state index is 12.3. The Morgan fingerprint density at radius 1 is 1.04 bits per heavy atom. The molecule has 0 bridgehead atoms. The molecule has 2 aliphatic heterocycles. The molecule has 0 saturated carbocycles. The molecular weight excluding hydrogens is 298 g/mol. The van der Waals surface area contributed by atoms with Gasteiger partial charge in [0.15, 0.2) is 0 Å². The molecular formula is C20H35N3O. The Balaban J connectivity index is 1.57. The highest BCUT2D eigenvalue weighted by atomic mass is 16.2. The van der Waals surface area contributed by atoms with E-state index in [2.05, 4.69) is 28.6 Å². The van der Waals surface area contributed by atoms with E-state index in [9.17, 15) is 4.79 Å². The summed E-state index contributed by atoms with van der Waals surface area (Å²) < 4.78 is 0. The highest BCUT2D eigenvalue weighted by Gasteiger charge is 2.26. The number of carbonyl (C=O) groups is 1. The van der Waals surface area contributed by atoms with Crippen LogP contribution in [0.15, 0.2) is 0 Å². The zero-order valence-corrected chi connectivity index (χ0v) is 15.4. The van der Waals surface area contributed by atoms with E-state index in [0.29, 0.717) is 18.0 Å². The lowest BCUT2D eigenvalue weighted by Crippen LogP contribution is -2.47. The molecule has 4 heteroatoms. The molecule has 1 unspecified atom stereocenters. The summed E-state index contributed by atoms with van der Waals surface area (Å²) in [6.45, 7) is 6.14. The van der Waals surface area contributed by atoms with Crippen molar-refractivity contribution in [2.45, 2.75) is 83.2 Å². The van der Waals surface area contributed by atoms with Crippen LogP contribution in [0.3, 0.4) is 0 Å². The molecule has 2 N–H and O–H groups in total. The second-order valence-electron chi connectivity index (χ2n) is 7.43. The van der Waals surface area contributed by atoms with Crippen molar-refractivity contribution in [3.8, 4) is 11.8 Å². The summed E-state index contributed by atoms with van der Waals surface area (Å²) in [7, 11) is 0. The standard InChI is InChI=1S/C20H35N3O/c1-18(21)10-6-2-3-7-11-20(24)23-16-12-19(13-17-23)22-14-8-4-5-9-15-22/h18-19H,2-3,6-17,21H2,1H3. The summed E-state index contributed by atoms with van der Waals surface area (Å²) in [4.78, 5) is 17.0. The molecule has 2 rings (SSSR count). The summed E-state index contributed by atoms with van der Waals surface area (Å²) in [5, 5.41) is 0. The second-order valence-corrected chi connectivity index (χ2v) is 7.43. The van der Waals surface area contributed by atoms with Crippen molar-refractivity contribution in [1.29, 1.82) is 0 Å². The van der Waals surface area contributed by atoms with Gasteiger partial charge in [-0.3, -0.25) is 9.69 Å². The van der Waals surface area contributed by atoms with E-state index in [0.717, 1.165) is 77.5 Å². The van der Waals surface area contributed by atoms with Gasteiger partial charge in [0.25, 0.3) is 0 Å². The molecule has 1 fully saturated rings. The first-order valence-corrected chi connectivity index (χ1v) is 9.90. The van der Waals surface area contributed by atoms with Crippen molar-refractivity contribution in [3.63, 3.8) is 0 Å². The van der Waals surface area contributed by atoms with Crippen molar-refractivity contribution < 1.29 is 4.79 Å². The molecule has 24 heavy (non-hydrogen) atoms. The molecule has 0 aromatic heterocycles. The molecule has 0 radical (unpaired) electrons. The van der Waals surface area contributed by atoms with E-state index in [1.165, 1.54) is 12.8 Å². The normalized spacial score (nSPS) is 21.0. The Morgan fingerprint density at radius 2 is 1.67 bits per heavy atom. The van der Waals surface area contributed by atoms with E-state index < -0.39 is 0 Å². The second kappa shape index (κ2) is 10.7. The van der Waals surface area contributed by atoms with E-state index in [1.807, 2.05) is 0 Å². The fourth-order valence-corrected chi connectivity index (χ4v) is 3.79. The Kier molecular flexibility index (Phi) is 8.63. The van der Waals surface area contributed by atoms with E-state index in [4.69, 9.17) is 5.73 Å². The van der Waals surface area contributed by atoms with Gasteiger partial charge in [0.05, 0.1) is 0 Å². The van der Waals surface area contributed by atoms with Gasteiger partial charge in [0.2, 0.25) is 5.91 Å². The number of likely N-dealkylation sites (tertiary alicyclic amines) is 1. The maximum Gasteiger partial charge on any atom is 0.222 e. The molecule has 0 spiro atoms. The van der Waals surface area contributed by atoms with Gasteiger partial charge in [-0.25, -0.2) is 0 Å². The van der Waals surface area contributed by atoms with Crippen LogP contribution in [0.2, 0.25) is 0 Å². The predicted molar refractivity (Wildman–Crippen MR) is 99.5 cm³/mol. The predicted octanol–water partition coefficient (Wildman–Crippen LogP) is 2.76. The van der Waals surface area contributed by atoms with Crippen molar-refractivity contribution in [2.75, 3.05) is 26.2 Å². The lowest BCUT2D eigenvalue weighted by atomic mass is 10.0. The minimum atomic E-state index is 0.309. The third-order valence-electron chi connectivity index (χ3n) is 5.31. The van der Waals surface area contributed by atoms with Crippen molar-refractivity contribution in [1.82, 2.24) is 9.80 Å². The number of carbonyl (C=O) groups excluding carboxylic acids is 1. The van der Waals surface area contributed by atoms with Crippen LogP contribution in [0.4, 0.5) is 0 Å². The van der Waals surface area contributed by atoms with Gasteiger partial charge < -0.3 is 10.6 Å². The summed E-state index contributed by atoms with van der Waals surface area (Å²) >= 11 is 0.